The summed E-state index contributed by atoms with van der Waals surface area (Å²) in [6.07, 6.45) is 18.6. The molecule has 4 heteroatoms. The van der Waals surface area contributed by atoms with Crippen LogP contribution in [0.2, 0.25) is 0 Å². The van der Waals surface area contributed by atoms with Crippen LogP contribution in [0.25, 0.3) is 0 Å². The molecular weight excluding hydrogens is 302 g/mol. The predicted molar refractivity (Wildman–Crippen MR) is 102 cm³/mol. The number of carbonyl (C=O) groups excluding carboxylic acids is 1. The maximum atomic E-state index is 10.3. The van der Waals surface area contributed by atoms with E-state index in [9.17, 15) is 9.59 Å². The number of hydrogen-bond acceptors (Lipinski definition) is 2. The largest absolute Gasteiger partial charge is 0.481 e. The number of carboxylic acids is 1. The normalized spacial score (nSPS) is 10.1. The summed E-state index contributed by atoms with van der Waals surface area (Å²) >= 11 is 0. The van der Waals surface area contributed by atoms with Gasteiger partial charge in [-0.3, -0.25) is 9.59 Å². The minimum atomic E-state index is -0.655. The highest BCUT2D eigenvalue weighted by atomic mass is 16.4. The topological polar surface area (TPSA) is 80.4 Å². The zero-order valence-electron chi connectivity index (χ0n) is 16.2. The van der Waals surface area contributed by atoms with Gasteiger partial charge in [-0.25, -0.2) is 0 Å². The lowest BCUT2D eigenvalue weighted by Crippen LogP contribution is -2.08. The number of primary amides is 1. The highest BCUT2D eigenvalue weighted by molar-refractivity contribution is 5.73. The molecule has 0 saturated carbocycles. The van der Waals surface area contributed by atoms with Gasteiger partial charge in [-0.2, -0.15) is 0 Å². The molecule has 24 heavy (non-hydrogen) atoms. The van der Waals surface area contributed by atoms with E-state index in [1.807, 2.05) is 6.92 Å². The third-order valence-electron chi connectivity index (χ3n) is 3.99. The molecule has 0 aliphatic carbocycles. The summed E-state index contributed by atoms with van der Waals surface area (Å²) in [5, 5.41) is 8.49. The molecule has 144 valence electrons. The van der Waals surface area contributed by atoms with Crippen molar-refractivity contribution in [1.29, 1.82) is 0 Å². The molecule has 0 spiro atoms. The van der Waals surface area contributed by atoms with E-state index in [-0.39, 0.29) is 5.91 Å². The van der Waals surface area contributed by atoms with Gasteiger partial charge in [0.1, 0.15) is 0 Å². The van der Waals surface area contributed by atoms with Gasteiger partial charge in [-0.15, -0.1) is 0 Å². The highest BCUT2D eigenvalue weighted by Crippen LogP contribution is 2.12. The number of unbranched alkanes of at least 4 members (excludes halogenated alkanes) is 12. The average Bonchev–Trinajstić information content (AvgIpc) is 2.52. The summed E-state index contributed by atoms with van der Waals surface area (Å²) in [7, 11) is 0. The molecule has 3 N–H and O–H groups in total. The molecule has 0 heterocycles. The fourth-order valence-electron chi connectivity index (χ4n) is 2.54. The zero-order valence-corrected chi connectivity index (χ0v) is 16.2. The number of carboxylic acid groups (broad SMARTS) is 1. The first kappa shape index (κ1) is 25.2. The summed E-state index contributed by atoms with van der Waals surface area (Å²) in [4.78, 5) is 20.1. The van der Waals surface area contributed by atoms with Crippen molar-refractivity contribution in [3.8, 4) is 0 Å². The van der Waals surface area contributed by atoms with Gasteiger partial charge in [0, 0.05) is 12.8 Å². The average molecular weight is 344 g/mol. The molecule has 0 aromatic carbocycles. The lowest BCUT2D eigenvalue weighted by molar-refractivity contribution is -0.137. The predicted octanol–water partition coefficient (Wildman–Crippen LogP) is 5.82. The Labute approximate surface area is 149 Å². The van der Waals surface area contributed by atoms with Crippen LogP contribution in [0, 0.1) is 0 Å². The van der Waals surface area contributed by atoms with Gasteiger partial charge in [0.2, 0.25) is 5.91 Å². The monoisotopic (exact) mass is 343 g/mol. The van der Waals surface area contributed by atoms with Crippen LogP contribution < -0.4 is 5.73 Å². The third-order valence-corrected chi connectivity index (χ3v) is 3.99. The molecule has 4 nitrogen and oxygen atoms in total. The minimum Gasteiger partial charge on any atom is -0.481 e. The van der Waals surface area contributed by atoms with E-state index < -0.39 is 5.97 Å². The Hall–Kier alpha value is -1.06. The number of hydrogen-bond donors (Lipinski definition) is 2. The first-order valence-electron chi connectivity index (χ1n) is 10.0. The van der Waals surface area contributed by atoms with Gasteiger partial charge < -0.3 is 10.8 Å². The van der Waals surface area contributed by atoms with E-state index in [0.717, 1.165) is 19.3 Å². The van der Waals surface area contributed by atoms with Crippen molar-refractivity contribution in [3.63, 3.8) is 0 Å². The van der Waals surface area contributed by atoms with E-state index in [1.54, 1.807) is 0 Å². The number of rotatable bonds is 16. The number of nitrogens with two attached hydrogens (primary N) is 1. The van der Waals surface area contributed by atoms with Crippen LogP contribution in [0.3, 0.4) is 0 Å². The quantitative estimate of drug-likeness (QED) is 0.346. The molecule has 0 aliphatic heterocycles. The fraction of sp³-hybridized carbons (Fsp3) is 0.900. The number of carbonyl (C=O) groups is 2. The molecule has 0 aliphatic rings. The van der Waals surface area contributed by atoms with Crippen molar-refractivity contribution in [2.75, 3.05) is 0 Å². The van der Waals surface area contributed by atoms with Gasteiger partial charge in [-0.05, 0) is 12.8 Å². The molecule has 0 bridgehead atoms. The Morgan fingerprint density at radius 1 is 0.625 bits per heavy atom. The molecule has 0 aromatic heterocycles. The maximum absolute atomic E-state index is 10.3. The summed E-state index contributed by atoms with van der Waals surface area (Å²) in [5.74, 6) is -0.865. The van der Waals surface area contributed by atoms with E-state index >= 15 is 0 Å². The highest BCUT2D eigenvalue weighted by Gasteiger charge is 1.96. The Morgan fingerprint density at radius 2 is 1.00 bits per heavy atom. The van der Waals surface area contributed by atoms with Crippen LogP contribution in [0.15, 0.2) is 0 Å². The molecule has 0 aromatic rings. The SMILES string of the molecule is CCCC(N)=O.CCCCCCCCCCCCCCCC(=O)O. The first-order chi connectivity index (χ1) is 11.5. The maximum Gasteiger partial charge on any atom is 0.303 e. The van der Waals surface area contributed by atoms with E-state index in [4.69, 9.17) is 10.8 Å². The van der Waals surface area contributed by atoms with Crippen molar-refractivity contribution in [2.24, 2.45) is 5.73 Å². The second kappa shape index (κ2) is 21.9. The van der Waals surface area contributed by atoms with Gasteiger partial charge in [0.15, 0.2) is 0 Å². The van der Waals surface area contributed by atoms with Crippen LogP contribution in [-0.2, 0) is 9.59 Å². The molecule has 0 saturated heterocycles. The lowest BCUT2D eigenvalue weighted by atomic mass is 10.0. The number of aliphatic carboxylic acids is 1. The molecule has 1 amide bonds. The van der Waals surface area contributed by atoms with Crippen molar-refractivity contribution in [2.45, 2.75) is 117 Å². The Balaban J connectivity index is 0. The lowest BCUT2D eigenvalue weighted by Gasteiger charge is -2.02. The molecule has 0 radical (unpaired) electrons. The van der Waals surface area contributed by atoms with E-state index in [2.05, 4.69) is 6.92 Å². The van der Waals surface area contributed by atoms with Gasteiger partial charge >= 0.3 is 5.97 Å². The van der Waals surface area contributed by atoms with Crippen LogP contribution >= 0.6 is 0 Å². The molecule has 0 rings (SSSR count). The fourth-order valence-corrected chi connectivity index (χ4v) is 2.54. The minimum absolute atomic E-state index is 0.211. The van der Waals surface area contributed by atoms with Gasteiger partial charge in [-0.1, -0.05) is 90.9 Å². The smallest absolute Gasteiger partial charge is 0.303 e. The second-order valence-electron chi connectivity index (χ2n) is 6.60. The summed E-state index contributed by atoms with van der Waals surface area (Å²) in [6, 6.07) is 0. The zero-order chi connectivity index (χ0) is 18.5. The second-order valence-corrected chi connectivity index (χ2v) is 6.60. The molecular formula is C20H41NO3. The number of amides is 1. The van der Waals surface area contributed by atoms with E-state index in [0.29, 0.717) is 12.8 Å². The van der Waals surface area contributed by atoms with Crippen LogP contribution in [0.5, 0.6) is 0 Å². The van der Waals surface area contributed by atoms with Crippen LogP contribution in [0.4, 0.5) is 0 Å². The summed E-state index contributed by atoms with van der Waals surface area (Å²) < 4.78 is 0. The Bertz CT molecular complexity index is 280. The molecule has 0 atom stereocenters. The Morgan fingerprint density at radius 3 is 1.25 bits per heavy atom. The first-order valence-corrected chi connectivity index (χ1v) is 10.0. The van der Waals surface area contributed by atoms with Gasteiger partial charge in [0.05, 0.1) is 0 Å². The summed E-state index contributed by atoms with van der Waals surface area (Å²) in [6.45, 7) is 4.18. The Kier molecular flexibility index (Phi) is 23.0. The van der Waals surface area contributed by atoms with Crippen molar-refractivity contribution in [1.82, 2.24) is 0 Å². The van der Waals surface area contributed by atoms with E-state index in [1.165, 1.54) is 70.6 Å². The van der Waals surface area contributed by atoms with Crippen molar-refractivity contribution in [3.05, 3.63) is 0 Å². The van der Waals surface area contributed by atoms with Crippen molar-refractivity contribution < 1.29 is 14.7 Å². The van der Waals surface area contributed by atoms with Gasteiger partial charge in [0.25, 0.3) is 0 Å². The molecule has 0 fully saturated rings. The standard InChI is InChI=1S/C16H32O2.C4H9NO/c1-2-3-4-5-6-7-8-9-10-11-12-13-14-15-16(17)18;1-2-3-4(5)6/h2-15H2,1H3,(H,17,18);2-3H2,1H3,(H2,5,6). The van der Waals surface area contributed by atoms with Crippen LogP contribution in [-0.4, -0.2) is 17.0 Å². The summed E-state index contributed by atoms with van der Waals surface area (Å²) in [5.41, 5.74) is 4.76. The van der Waals surface area contributed by atoms with Crippen LogP contribution in [0.1, 0.15) is 117 Å². The molecule has 0 unspecified atom stereocenters. The van der Waals surface area contributed by atoms with Crippen molar-refractivity contribution >= 4 is 11.9 Å². The third kappa shape index (κ3) is 29.0.